The molecule has 1 aliphatic heterocycles. The molecule has 0 unspecified atom stereocenters. The van der Waals surface area contributed by atoms with E-state index in [0.29, 0.717) is 5.56 Å². The standard InChI is InChI=1S/C21H22O10/c22-10-16-18(27)20(31-17(26)6-3-11-1-4-12(23)5-2-11)19(28)21(30-16)29-15-8-13(24)7-14(25)9-15/h1-9,16,18-25,27-28H,10H2/b6-3+/t16-,18-,19-,20+,21-/m1/s1. The van der Waals surface area contributed by atoms with Crippen molar-refractivity contribution in [2.45, 2.75) is 30.7 Å². The largest absolute Gasteiger partial charge is 0.508 e. The molecule has 1 fully saturated rings. The monoisotopic (exact) mass is 434 g/mol. The second-order valence-electron chi connectivity index (χ2n) is 6.84. The first-order valence-corrected chi connectivity index (χ1v) is 9.26. The van der Waals surface area contributed by atoms with Crippen molar-refractivity contribution in [2.75, 3.05) is 6.61 Å². The molecule has 1 saturated heterocycles. The number of aliphatic hydroxyl groups is 3. The van der Waals surface area contributed by atoms with Crippen molar-refractivity contribution in [3.05, 3.63) is 54.1 Å². The van der Waals surface area contributed by atoms with Gasteiger partial charge in [-0.25, -0.2) is 4.79 Å². The summed E-state index contributed by atoms with van der Waals surface area (Å²) >= 11 is 0. The lowest BCUT2D eigenvalue weighted by molar-refractivity contribution is -0.280. The maximum absolute atomic E-state index is 12.2. The highest BCUT2D eigenvalue weighted by Crippen LogP contribution is 2.30. The molecular formula is C21H22O10. The number of rotatable bonds is 6. The number of benzene rings is 2. The van der Waals surface area contributed by atoms with Crippen LogP contribution in [0.25, 0.3) is 6.08 Å². The minimum atomic E-state index is -1.66. The van der Waals surface area contributed by atoms with Gasteiger partial charge in [-0.1, -0.05) is 12.1 Å². The van der Waals surface area contributed by atoms with Gasteiger partial charge in [0.2, 0.25) is 6.29 Å². The van der Waals surface area contributed by atoms with E-state index in [2.05, 4.69) is 0 Å². The SMILES string of the molecule is O=C(/C=C/c1ccc(O)cc1)O[C@@H]1[C@@H](O)[C@H](Oc2cc(O)cc(O)c2)O[C@H](CO)[C@H]1O. The highest BCUT2D eigenvalue weighted by atomic mass is 16.7. The Balaban J connectivity index is 1.72. The van der Waals surface area contributed by atoms with Crippen LogP contribution in [0.5, 0.6) is 23.0 Å². The average molecular weight is 434 g/mol. The number of hydrogen-bond acceptors (Lipinski definition) is 10. The molecule has 166 valence electrons. The minimum absolute atomic E-state index is 0.0630. The summed E-state index contributed by atoms with van der Waals surface area (Å²) in [6, 6.07) is 9.36. The molecule has 0 radical (unpaired) electrons. The number of carbonyl (C=O) groups is 1. The van der Waals surface area contributed by atoms with Crippen LogP contribution >= 0.6 is 0 Å². The molecule has 0 aliphatic carbocycles. The van der Waals surface area contributed by atoms with Crippen molar-refractivity contribution < 1.29 is 49.6 Å². The Morgan fingerprint density at radius 3 is 2.23 bits per heavy atom. The molecule has 10 heteroatoms. The van der Waals surface area contributed by atoms with Gasteiger partial charge in [0.25, 0.3) is 0 Å². The van der Waals surface area contributed by atoms with Crippen LogP contribution in [-0.2, 0) is 14.3 Å². The lowest BCUT2D eigenvalue weighted by Crippen LogP contribution is -2.61. The van der Waals surface area contributed by atoms with Gasteiger partial charge in [0, 0.05) is 24.3 Å². The fourth-order valence-corrected chi connectivity index (χ4v) is 2.98. The molecule has 2 aromatic rings. The molecular weight excluding hydrogens is 412 g/mol. The van der Waals surface area contributed by atoms with E-state index in [-0.39, 0.29) is 23.0 Å². The number of esters is 1. The zero-order valence-electron chi connectivity index (χ0n) is 16.1. The zero-order valence-corrected chi connectivity index (χ0v) is 16.1. The number of hydrogen-bond donors (Lipinski definition) is 6. The van der Waals surface area contributed by atoms with E-state index in [9.17, 15) is 35.4 Å². The number of ether oxygens (including phenoxy) is 3. The van der Waals surface area contributed by atoms with Crippen molar-refractivity contribution in [1.82, 2.24) is 0 Å². The first kappa shape index (κ1) is 22.4. The third-order valence-electron chi connectivity index (χ3n) is 4.51. The summed E-state index contributed by atoms with van der Waals surface area (Å²) in [6.07, 6.45) is -4.96. The number of aliphatic hydroxyl groups excluding tert-OH is 3. The lowest BCUT2D eigenvalue weighted by atomic mass is 9.99. The maximum atomic E-state index is 12.2. The van der Waals surface area contributed by atoms with Crippen LogP contribution < -0.4 is 4.74 Å². The van der Waals surface area contributed by atoms with Crippen molar-refractivity contribution >= 4 is 12.0 Å². The molecule has 10 nitrogen and oxygen atoms in total. The zero-order chi connectivity index (χ0) is 22.5. The second kappa shape index (κ2) is 9.67. The van der Waals surface area contributed by atoms with Crippen LogP contribution in [0.15, 0.2) is 48.5 Å². The van der Waals surface area contributed by atoms with Gasteiger partial charge in [0.05, 0.1) is 6.61 Å². The number of aromatic hydroxyl groups is 3. The number of phenols is 3. The fraction of sp³-hybridized carbons (Fsp3) is 0.286. The number of phenolic OH excluding ortho intramolecular Hbond substituents is 3. The average Bonchev–Trinajstić information content (AvgIpc) is 2.72. The quantitative estimate of drug-likeness (QED) is 0.274. The Bertz CT molecular complexity index is 906. The van der Waals surface area contributed by atoms with E-state index in [0.717, 1.165) is 24.3 Å². The fourth-order valence-electron chi connectivity index (χ4n) is 2.98. The Hall–Kier alpha value is -3.31. The van der Waals surface area contributed by atoms with Gasteiger partial charge >= 0.3 is 5.97 Å². The van der Waals surface area contributed by atoms with Crippen molar-refractivity contribution in [3.8, 4) is 23.0 Å². The Kier molecular flexibility index (Phi) is 6.98. The third kappa shape index (κ3) is 5.64. The van der Waals surface area contributed by atoms with E-state index in [1.807, 2.05) is 0 Å². The lowest BCUT2D eigenvalue weighted by Gasteiger charge is -2.41. The highest BCUT2D eigenvalue weighted by molar-refractivity contribution is 5.87. The summed E-state index contributed by atoms with van der Waals surface area (Å²) in [5, 5.41) is 58.7. The summed E-state index contributed by atoms with van der Waals surface area (Å²) in [7, 11) is 0. The van der Waals surface area contributed by atoms with E-state index < -0.39 is 43.3 Å². The Labute approximate surface area is 176 Å². The molecule has 6 N–H and O–H groups in total. The van der Waals surface area contributed by atoms with E-state index in [1.165, 1.54) is 18.2 Å². The molecule has 0 amide bonds. The summed E-state index contributed by atoms with van der Waals surface area (Å²) in [5.74, 6) is -1.49. The first-order valence-electron chi connectivity index (χ1n) is 9.26. The molecule has 0 bridgehead atoms. The van der Waals surface area contributed by atoms with Crippen LogP contribution in [0.4, 0.5) is 0 Å². The van der Waals surface area contributed by atoms with Crippen molar-refractivity contribution in [1.29, 1.82) is 0 Å². The molecule has 31 heavy (non-hydrogen) atoms. The second-order valence-corrected chi connectivity index (χ2v) is 6.84. The normalized spacial score (nSPS) is 26.0. The molecule has 1 heterocycles. The van der Waals surface area contributed by atoms with Gasteiger partial charge in [-0.2, -0.15) is 0 Å². The molecule has 3 rings (SSSR count). The van der Waals surface area contributed by atoms with Crippen LogP contribution in [0, 0.1) is 0 Å². The van der Waals surface area contributed by atoms with Crippen LogP contribution in [0.2, 0.25) is 0 Å². The summed E-state index contributed by atoms with van der Waals surface area (Å²) < 4.78 is 15.9. The maximum Gasteiger partial charge on any atom is 0.331 e. The predicted octanol–water partition coefficient (Wildman–Crippen LogP) is 0.246. The molecule has 1 aliphatic rings. The van der Waals surface area contributed by atoms with Gasteiger partial charge in [-0.15, -0.1) is 0 Å². The topological polar surface area (TPSA) is 166 Å². The van der Waals surface area contributed by atoms with Crippen LogP contribution in [0.3, 0.4) is 0 Å². The van der Waals surface area contributed by atoms with Gasteiger partial charge in [-0.3, -0.25) is 0 Å². The van der Waals surface area contributed by atoms with Crippen molar-refractivity contribution in [2.24, 2.45) is 0 Å². The molecule has 0 aromatic heterocycles. The van der Waals surface area contributed by atoms with E-state index >= 15 is 0 Å². The van der Waals surface area contributed by atoms with E-state index in [4.69, 9.17) is 14.2 Å². The summed E-state index contributed by atoms with van der Waals surface area (Å²) in [6.45, 7) is -0.656. The van der Waals surface area contributed by atoms with Gasteiger partial charge in [-0.05, 0) is 23.8 Å². The third-order valence-corrected chi connectivity index (χ3v) is 4.51. The minimum Gasteiger partial charge on any atom is -0.508 e. The number of carbonyl (C=O) groups excluding carboxylic acids is 1. The molecule has 2 aromatic carbocycles. The van der Waals surface area contributed by atoms with Crippen LogP contribution in [-0.4, -0.2) is 73.9 Å². The smallest absolute Gasteiger partial charge is 0.331 e. The van der Waals surface area contributed by atoms with Gasteiger partial charge < -0.3 is 44.8 Å². The first-order chi connectivity index (χ1) is 14.8. The Morgan fingerprint density at radius 2 is 1.61 bits per heavy atom. The van der Waals surface area contributed by atoms with Gasteiger partial charge in [0.15, 0.2) is 12.2 Å². The molecule has 5 atom stereocenters. The molecule has 0 spiro atoms. The van der Waals surface area contributed by atoms with Crippen molar-refractivity contribution in [3.63, 3.8) is 0 Å². The summed E-state index contributed by atoms with van der Waals surface area (Å²) in [4.78, 5) is 12.2. The van der Waals surface area contributed by atoms with Gasteiger partial charge in [0.1, 0.15) is 35.2 Å². The van der Waals surface area contributed by atoms with E-state index in [1.54, 1.807) is 12.1 Å². The summed E-state index contributed by atoms with van der Waals surface area (Å²) in [5.41, 5.74) is 0.598. The predicted molar refractivity (Wildman–Crippen MR) is 105 cm³/mol. The van der Waals surface area contributed by atoms with Crippen LogP contribution in [0.1, 0.15) is 5.56 Å². The Morgan fingerprint density at radius 1 is 0.968 bits per heavy atom. The highest BCUT2D eigenvalue weighted by Gasteiger charge is 2.47. The molecule has 0 saturated carbocycles.